The Morgan fingerprint density at radius 2 is 2.28 bits per heavy atom. The summed E-state index contributed by atoms with van der Waals surface area (Å²) in [6.45, 7) is 2.02. The van der Waals surface area contributed by atoms with Crippen molar-refractivity contribution in [1.29, 1.82) is 0 Å². The van der Waals surface area contributed by atoms with Crippen molar-refractivity contribution in [3.8, 4) is 0 Å². The molecule has 1 N–H and O–H groups in total. The summed E-state index contributed by atoms with van der Waals surface area (Å²) in [6.07, 6.45) is 1.54. The summed E-state index contributed by atoms with van der Waals surface area (Å²) >= 11 is 0. The number of carbonyl (C=O) groups excluding carboxylic acids is 1. The molecule has 0 saturated carbocycles. The van der Waals surface area contributed by atoms with Crippen LogP contribution >= 0.6 is 0 Å². The topological polar surface area (TPSA) is 59.8 Å². The van der Waals surface area contributed by atoms with Gasteiger partial charge in [-0.2, -0.15) is 0 Å². The molecule has 0 atom stereocenters. The standard InChI is InChI=1S/C12H13FN4O/c1-8-3-4-10(13)9(5-8)12(18)14-6-11-16-15-7-17(11)2/h3-5,7H,6H2,1-2H3,(H,14,18). The summed E-state index contributed by atoms with van der Waals surface area (Å²) in [4.78, 5) is 11.8. The highest BCUT2D eigenvalue weighted by Crippen LogP contribution is 2.09. The molecule has 18 heavy (non-hydrogen) atoms. The Hall–Kier alpha value is -2.24. The minimum absolute atomic E-state index is 0.0390. The lowest BCUT2D eigenvalue weighted by atomic mass is 10.1. The Morgan fingerprint density at radius 3 is 2.94 bits per heavy atom. The highest BCUT2D eigenvalue weighted by Gasteiger charge is 2.12. The second-order valence-electron chi connectivity index (χ2n) is 4.02. The predicted octanol–water partition coefficient (Wildman–Crippen LogP) is 1.19. The van der Waals surface area contributed by atoms with Crippen LogP contribution in [0.1, 0.15) is 21.7 Å². The molecular weight excluding hydrogens is 235 g/mol. The van der Waals surface area contributed by atoms with Gasteiger partial charge in [0, 0.05) is 7.05 Å². The van der Waals surface area contributed by atoms with Crippen molar-refractivity contribution < 1.29 is 9.18 Å². The van der Waals surface area contributed by atoms with Crippen LogP contribution in [0.4, 0.5) is 4.39 Å². The van der Waals surface area contributed by atoms with E-state index in [9.17, 15) is 9.18 Å². The van der Waals surface area contributed by atoms with Crippen molar-refractivity contribution in [1.82, 2.24) is 20.1 Å². The van der Waals surface area contributed by atoms with Crippen LogP contribution in [0.15, 0.2) is 24.5 Å². The van der Waals surface area contributed by atoms with Gasteiger partial charge in [-0.25, -0.2) is 4.39 Å². The molecule has 0 aliphatic heterocycles. The molecule has 2 rings (SSSR count). The number of hydrogen-bond donors (Lipinski definition) is 1. The van der Waals surface area contributed by atoms with E-state index in [4.69, 9.17) is 0 Å². The van der Waals surface area contributed by atoms with Gasteiger partial charge in [0.15, 0.2) is 5.82 Å². The molecule has 94 valence electrons. The van der Waals surface area contributed by atoms with Gasteiger partial charge in [-0.1, -0.05) is 11.6 Å². The molecule has 0 bridgehead atoms. The number of benzene rings is 1. The zero-order chi connectivity index (χ0) is 13.1. The minimum Gasteiger partial charge on any atom is -0.345 e. The van der Waals surface area contributed by atoms with Crippen LogP contribution in [0.25, 0.3) is 0 Å². The molecule has 0 fully saturated rings. The number of rotatable bonds is 3. The number of halogens is 1. The summed E-state index contributed by atoms with van der Waals surface area (Å²) in [5.74, 6) is -0.383. The fraction of sp³-hybridized carbons (Fsp3) is 0.250. The van der Waals surface area contributed by atoms with Gasteiger partial charge in [0.2, 0.25) is 0 Å². The van der Waals surface area contributed by atoms with E-state index in [-0.39, 0.29) is 12.1 Å². The smallest absolute Gasteiger partial charge is 0.254 e. The van der Waals surface area contributed by atoms with Crippen LogP contribution in [-0.4, -0.2) is 20.7 Å². The van der Waals surface area contributed by atoms with Gasteiger partial charge in [-0.15, -0.1) is 10.2 Å². The molecule has 0 spiro atoms. The van der Waals surface area contributed by atoms with Crippen molar-refractivity contribution in [2.24, 2.45) is 7.05 Å². The molecule has 5 nitrogen and oxygen atoms in total. The number of amides is 1. The lowest BCUT2D eigenvalue weighted by Gasteiger charge is -2.06. The fourth-order valence-corrected chi connectivity index (χ4v) is 1.53. The Labute approximate surface area is 104 Å². The van der Waals surface area contributed by atoms with Crippen molar-refractivity contribution in [2.75, 3.05) is 0 Å². The molecule has 0 saturated heterocycles. The number of hydrogen-bond acceptors (Lipinski definition) is 3. The third-order valence-electron chi connectivity index (χ3n) is 2.58. The van der Waals surface area contributed by atoms with E-state index in [1.807, 2.05) is 0 Å². The van der Waals surface area contributed by atoms with Gasteiger partial charge in [0.05, 0.1) is 12.1 Å². The van der Waals surface area contributed by atoms with E-state index in [1.54, 1.807) is 24.6 Å². The van der Waals surface area contributed by atoms with Crippen LogP contribution in [0, 0.1) is 12.7 Å². The monoisotopic (exact) mass is 248 g/mol. The number of carbonyl (C=O) groups is 1. The first kappa shape index (κ1) is 12.2. The van der Waals surface area contributed by atoms with E-state index in [2.05, 4.69) is 15.5 Å². The lowest BCUT2D eigenvalue weighted by molar-refractivity contribution is 0.0945. The Bertz CT molecular complexity index is 579. The molecule has 1 heterocycles. The lowest BCUT2D eigenvalue weighted by Crippen LogP contribution is -2.25. The molecule has 0 radical (unpaired) electrons. The summed E-state index contributed by atoms with van der Waals surface area (Å²) in [7, 11) is 1.77. The average molecular weight is 248 g/mol. The second-order valence-corrected chi connectivity index (χ2v) is 4.02. The summed E-state index contributed by atoms with van der Waals surface area (Å²) in [5.41, 5.74) is 0.873. The van der Waals surface area contributed by atoms with Crippen LogP contribution in [0.3, 0.4) is 0 Å². The zero-order valence-electron chi connectivity index (χ0n) is 10.1. The molecule has 0 aliphatic rings. The normalized spacial score (nSPS) is 10.4. The zero-order valence-corrected chi connectivity index (χ0v) is 10.1. The maximum absolute atomic E-state index is 13.5. The molecule has 2 aromatic rings. The predicted molar refractivity (Wildman–Crippen MR) is 63.3 cm³/mol. The maximum Gasteiger partial charge on any atom is 0.254 e. The molecule has 0 unspecified atom stereocenters. The van der Waals surface area contributed by atoms with Gasteiger partial charge in [0.1, 0.15) is 12.1 Å². The Kier molecular flexibility index (Phi) is 3.36. The summed E-state index contributed by atoms with van der Waals surface area (Å²) < 4.78 is 15.2. The van der Waals surface area contributed by atoms with Gasteiger partial charge in [-0.05, 0) is 19.1 Å². The Morgan fingerprint density at radius 1 is 1.50 bits per heavy atom. The average Bonchev–Trinajstić information content (AvgIpc) is 2.75. The third kappa shape index (κ3) is 2.53. The van der Waals surface area contributed by atoms with E-state index < -0.39 is 11.7 Å². The molecule has 1 amide bonds. The first-order chi connectivity index (χ1) is 8.58. The highest BCUT2D eigenvalue weighted by atomic mass is 19.1. The van der Waals surface area contributed by atoms with Crippen LogP contribution in [0.2, 0.25) is 0 Å². The number of nitrogens with one attached hydrogen (secondary N) is 1. The maximum atomic E-state index is 13.5. The van der Waals surface area contributed by atoms with Crippen LogP contribution in [-0.2, 0) is 13.6 Å². The molecule has 0 aliphatic carbocycles. The molecule has 1 aromatic heterocycles. The first-order valence-corrected chi connectivity index (χ1v) is 5.45. The molecule has 6 heteroatoms. The largest absolute Gasteiger partial charge is 0.345 e. The summed E-state index contributed by atoms with van der Waals surface area (Å²) in [6, 6.07) is 4.42. The van der Waals surface area contributed by atoms with E-state index in [1.165, 1.54) is 18.5 Å². The van der Waals surface area contributed by atoms with Crippen molar-refractivity contribution in [3.05, 3.63) is 47.3 Å². The van der Waals surface area contributed by atoms with Gasteiger partial charge >= 0.3 is 0 Å². The van der Waals surface area contributed by atoms with Gasteiger partial charge < -0.3 is 9.88 Å². The van der Waals surface area contributed by atoms with Crippen molar-refractivity contribution >= 4 is 5.91 Å². The van der Waals surface area contributed by atoms with Crippen LogP contribution < -0.4 is 5.32 Å². The Balaban J connectivity index is 2.08. The third-order valence-corrected chi connectivity index (χ3v) is 2.58. The SMILES string of the molecule is Cc1ccc(F)c(C(=O)NCc2nncn2C)c1. The molecular formula is C12H13FN4O. The summed E-state index contributed by atoms with van der Waals surface area (Å²) in [5, 5.41) is 10.1. The highest BCUT2D eigenvalue weighted by molar-refractivity contribution is 5.94. The van der Waals surface area contributed by atoms with Crippen molar-refractivity contribution in [2.45, 2.75) is 13.5 Å². The second kappa shape index (κ2) is 4.95. The molecule has 1 aromatic carbocycles. The minimum atomic E-state index is -0.531. The van der Waals surface area contributed by atoms with E-state index in [0.29, 0.717) is 5.82 Å². The fourth-order valence-electron chi connectivity index (χ4n) is 1.53. The number of nitrogens with zero attached hydrogens (tertiary/aromatic N) is 3. The van der Waals surface area contributed by atoms with Gasteiger partial charge in [0.25, 0.3) is 5.91 Å². The first-order valence-electron chi connectivity index (χ1n) is 5.45. The number of aryl methyl sites for hydroxylation is 2. The van der Waals surface area contributed by atoms with Crippen molar-refractivity contribution in [3.63, 3.8) is 0 Å². The van der Waals surface area contributed by atoms with Crippen LogP contribution in [0.5, 0.6) is 0 Å². The van der Waals surface area contributed by atoms with E-state index >= 15 is 0 Å². The number of aromatic nitrogens is 3. The van der Waals surface area contributed by atoms with E-state index in [0.717, 1.165) is 5.56 Å². The van der Waals surface area contributed by atoms with Gasteiger partial charge in [-0.3, -0.25) is 4.79 Å². The quantitative estimate of drug-likeness (QED) is 0.887.